The number of aryl methyl sites for hydroxylation is 1. The molecule has 2 rings (SSSR count). The van der Waals surface area contributed by atoms with Crippen molar-refractivity contribution >= 4 is 15.9 Å². The Balaban J connectivity index is 2.41. The van der Waals surface area contributed by atoms with Crippen molar-refractivity contribution in [2.75, 3.05) is 13.7 Å². The van der Waals surface area contributed by atoms with Crippen LogP contribution < -0.4 is 4.74 Å². The van der Waals surface area contributed by atoms with Gasteiger partial charge < -0.3 is 14.6 Å². The highest BCUT2D eigenvalue weighted by atomic mass is 79.9. The molecule has 0 amide bonds. The van der Waals surface area contributed by atoms with Crippen LogP contribution in [0.1, 0.15) is 42.1 Å². The van der Waals surface area contributed by atoms with Crippen LogP contribution in [0, 0.1) is 13.8 Å². The quantitative estimate of drug-likeness (QED) is 0.919. The van der Waals surface area contributed by atoms with E-state index in [1.54, 1.807) is 7.11 Å². The Bertz CT molecular complexity index is 453. The molecule has 1 saturated heterocycles. The van der Waals surface area contributed by atoms with Gasteiger partial charge in [-0.25, -0.2) is 0 Å². The summed E-state index contributed by atoms with van der Waals surface area (Å²) in [5.74, 6) is 0.766. The molecule has 0 aliphatic carbocycles. The molecule has 1 N–H and O–H groups in total. The van der Waals surface area contributed by atoms with E-state index in [0.29, 0.717) is 0 Å². The standard InChI is InChI=1S/C15H21BrO3/c1-9-8-11(16)10(2)13(15(9)18-3)14(17)12-6-4-5-7-19-12/h8,12,14,17H,4-7H2,1-3H3. The molecule has 1 fully saturated rings. The molecular formula is C15H21BrO3. The van der Waals surface area contributed by atoms with Gasteiger partial charge in [0.1, 0.15) is 11.9 Å². The molecule has 3 nitrogen and oxygen atoms in total. The molecule has 19 heavy (non-hydrogen) atoms. The van der Waals surface area contributed by atoms with E-state index < -0.39 is 6.10 Å². The number of aliphatic hydroxyl groups is 1. The summed E-state index contributed by atoms with van der Waals surface area (Å²) in [6, 6.07) is 2.02. The first kappa shape index (κ1) is 14.8. The molecule has 1 aromatic rings. The van der Waals surface area contributed by atoms with Crippen LogP contribution in [0.3, 0.4) is 0 Å². The van der Waals surface area contributed by atoms with E-state index in [2.05, 4.69) is 15.9 Å². The Morgan fingerprint density at radius 3 is 2.74 bits per heavy atom. The van der Waals surface area contributed by atoms with Crippen LogP contribution in [0.2, 0.25) is 0 Å². The molecule has 4 heteroatoms. The molecule has 106 valence electrons. The summed E-state index contributed by atoms with van der Waals surface area (Å²) in [5.41, 5.74) is 2.88. The third-order valence-electron chi connectivity index (χ3n) is 3.78. The van der Waals surface area contributed by atoms with E-state index in [1.807, 2.05) is 19.9 Å². The number of benzene rings is 1. The van der Waals surface area contributed by atoms with E-state index in [1.165, 1.54) is 0 Å². The van der Waals surface area contributed by atoms with Crippen LogP contribution >= 0.6 is 15.9 Å². The van der Waals surface area contributed by atoms with E-state index in [0.717, 1.165) is 52.8 Å². The van der Waals surface area contributed by atoms with Gasteiger partial charge in [0.05, 0.1) is 13.2 Å². The lowest BCUT2D eigenvalue weighted by Gasteiger charge is -2.29. The summed E-state index contributed by atoms with van der Waals surface area (Å²) >= 11 is 3.55. The number of halogens is 1. The van der Waals surface area contributed by atoms with Crippen LogP contribution in [-0.2, 0) is 4.74 Å². The Morgan fingerprint density at radius 1 is 1.42 bits per heavy atom. The zero-order valence-corrected chi connectivity index (χ0v) is 13.3. The summed E-state index contributed by atoms with van der Waals surface area (Å²) in [6.07, 6.45) is 2.32. The van der Waals surface area contributed by atoms with Crippen molar-refractivity contribution in [2.24, 2.45) is 0 Å². The lowest BCUT2D eigenvalue weighted by Crippen LogP contribution is -2.27. The van der Waals surface area contributed by atoms with Gasteiger partial charge in [0.2, 0.25) is 0 Å². The number of methoxy groups -OCH3 is 1. The van der Waals surface area contributed by atoms with Crippen molar-refractivity contribution < 1.29 is 14.6 Å². The Hall–Kier alpha value is -0.580. The first-order chi connectivity index (χ1) is 9.06. The normalized spacial score (nSPS) is 21.2. The molecule has 0 saturated carbocycles. The van der Waals surface area contributed by atoms with Crippen LogP contribution in [0.25, 0.3) is 0 Å². The number of rotatable bonds is 3. The van der Waals surface area contributed by atoms with Gasteiger partial charge in [-0.2, -0.15) is 0 Å². The third-order valence-corrected chi connectivity index (χ3v) is 4.60. The third kappa shape index (κ3) is 2.96. The predicted molar refractivity (Wildman–Crippen MR) is 78.7 cm³/mol. The number of aliphatic hydroxyl groups excluding tert-OH is 1. The van der Waals surface area contributed by atoms with E-state index in [-0.39, 0.29) is 6.10 Å². The van der Waals surface area contributed by atoms with Crippen LogP contribution in [0.15, 0.2) is 10.5 Å². The van der Waals surface area contributed by atoms with Crippen LogP contribution in [0.5, 0.6) is 5.75 Å². The zero-order valence-electron chi connectivity index (χ0n) is 11.7. The van der Waals surface area contributed by atoms with Crippen molar-refractivity contribution in [3.8, 4) is 5.75 Å². The highest BCUT2D eigenvalue weighted by molar-refractivity contribution is 9.10. The molecule has 1 aromatic carbocycles. The molecule has 2 atom stereocenters. The topological polar surface area (TPSA) is 38.7 Å². The fourth-order valence-electron chi connectivity index (χ4n) is 2.70. The van der Waals surface area contributed by atoms with E-state index >= 15 is 0 Å². The minimum atomic E-state index is -0.633. The summed E-state index contributed by atoms with van der Waals surface area (Å²) in [6.45, 7) is 4.71. The summed E-state index contributed by atoms with van der Waals surface area (Å²) < 4.78 is 12.2. The minimum Gasteiger partial charge on any atom is -0.496 e. The molecule has 1 aliphatic rings. The molecule has 0 radical (unpaired) electrons. The Labute approximate surface area is 123 Å². The first-order valence-corrected chi connectivity index (χ1v) is 7.48. The van der Waals surface area contributed by atoms with Gasteiger partial charge in [-0.15, -0.1) is 0 Å². The maximum atomic E-state index is 10.7. The van der Waals surface area contributed by atoms with Crippen LogP contribution in [-0.4, -0.2) is 24.9 Å². The molecule has 0 bridgehead atoms. The largest absolute Gasteiger partial charge is 0.496 e. The van der Waals surface area contributed by atoms with Crippen molar-refractivity contribution in [2.45, 2.75) is 45.3 Å². The van der Waals surface area contributed by atoms with Crippen molar-refractivity contribution in [3.05, 3.63) is 27.2 Å². The van der Waals surface area contributed by atoms with Gasteiger partial charge in [0.15, 0.2) is 0 Å². The predicted octanol–water partition coefficient (Wildman–Crippen LogP) is 3.68. The number of hydrogen-bond acceptors (Lipinski definition) is 3. The van der Waals surface area contributed by atoms with Crippen molar-refractivity contribution in [1.82, 2.24) is 0 Å². The Morgan fingerprint density at radius 2 is 2.16 bits per heavy atom. The zero-order chi connectivity index (χ0) is 14.0. The maximum Gasteiger partial charge on any atom is 0.128 e. The minimum absolute atomic E-state index is 0.130. The van der Waals surface area contributed by atoms with Gasteiger partial charge in [0, 0.05) is 16.6 Å². The number of ether oxygens (including phenoxy) is 2. The van der Waals surface area contributed by atoms with E-state index in [4.69, 9.17) is 9.47 Å². The van der Waals surface area contributed by atoms with Crippen LogP contribution in [0.4, 0.5) is 0 Å². The monoisotopic (exact) mass is 328 g/mol. The molecule has 1 heterocycles. The number of hydrogen-bond donors (Lipinski definition) is 1. The SMILES string of the molecule is COc1c(C)cc(Br)c(C)c1C(O)C1CCCCO1. The lowest BCUT2D eigenvalue weighted by molar-refractivity contribution is -0.0642. The summed E-state index contributed by atoms with van der Waals surface area (Å²) in [7, 11) is 1.65. The summed E-state index contributed by atoms with van der Waals surface area (Å²) in [5, 5.41) is 10.7. The average molecular weight is 329 g/mol. The van der Waals surface area contributed by atoms with Gasteiger partial charge in [0.25, 0.3) is 0 Å². The second-order valence-electron chi connectivity index (χ2n) is 5.10. The van der Waals surface area contributed by atoms with Gasteiger partial charge in [-0.05, 0) is 50.3 Å². The summed E-state index contributed by atoms with van der Waals surface area (Å²) in [4.78, 5) is 0. The fraction of sp³-hybridized carbons (Fsp3) is 0.600. The highest BCUT2D eigenvalue weighted by Crippen LogP contribution is 2.39. The molecule has 2 unspecified atom stereocenters. The molecule has 0 aromatic heterocycles. The highest BCUT2D eigenvalue weighted by Gasteiger charge is 2.29. The lowest BCUT2D eigenvalue weighted by atomic mass is 9.92. The van der Waals surface area contributed by atoms with Crippen molar-refractivity contribution in [1.29, 1.82) is 0 Å². The van der Waals surface area contributed by atoms with Gasteiger partial charge in [-0.3, -0.25) is 0 Å². The van der Waals surface area contributed by atoms with Gasteiger partial charge >= 0.3 is 0 Å². The molecule has 1 aliphatic heterocycles. The maximum absolute atomic E-state index is 10.7. The smallest absolute Gasteiger partial charge is 0.128 e. The molecular weight excluding hydrogens is 308 g/mol. The van der Waals surface area contributed by atoms with Crippen molar-refractivity contribution in [3.63, 3.8) is 0 Å². The molecule has 0 spiro atoms. The second-order valence-corrected chi connectivity index (χ2v) is 5.95. The Kier molecular flexibility index (Phi) is 4.87. The second kappa shape index (κ2) is 6.25. The fourth-order valence-corrected chi connectivity index (χ4v) is 3.26. The first-order valence-electron chi connectivity index (χ1n) is 6.69. The average Bonchev–Trinajstić information content (AvgIpc) is 2.42. The van der Waals surface area contributed by atoms with E-state index in [9.17, 15) is 5.11 Å². The van der Waals surface area contributed by atoms with Gasteiger partial charge in [-0.1, -0.05) is 15.9 Å².